The summed E-state index contributed by atoms with van der Waals surface area (Å²) in [7, 11) is 1.36. The van der Waals surface area contributed by atoms with Crippen molar-refractivity contribution in [3.63, 3.8) is 0 Å². The number of rotatable bonds is 8. The highest BCUT2D eigenvalue weighted by atomic mass is 35.5. The van der Waals surface area contributed by atoms with Gasteiger partial charge in [-0.25, -0.2) is 0 Å². The van der Waals surface area contributed by atoms with E-state index < -0.39 is 12.8 Å². The van der Waals surface area contributed by atoms with Gasteiger partial charge in [0, 0.05) is 13.0 Å². The maximum atomic E-state index is 12.3. The van der Waals surface area contributed by atoms with Crippen molar-refractivity contribution in [1.82, 2.24) is 10.6 Å². The second-order valence-corrected chi connectivity index (χ2v) is 6.95. The molecule has 0 bridgehead atoms. The van der Waals surface area contributed by atoms with Crippen LogP contribution in [0.2, 0.25) is 0 Å². The topological polar surface area (TPSA) is 59.6 Å². The van der Waals surface area contributed by atoms with Crippen LogP contribution >= 0.6 is 12.4 Å². The predicted octanol–water partition coefficient (Wildman–Crippen LogP) is 3.70. The first-order chi connectivity index (χ1) is 12.8. The van der Waals surface area contributed by atoms with Gasteiger partial charge in [-0.2, -0.15) is 13.2 Å². The number of methoxy groups -OCH3 is 1. The van der Waals surface area contributed by atoms with E-state index in [1.165, 1.54) is 13.2 Å². The van der Waals surface area contributed by atoms with Crippen molar-refractivity contribution in [3.05, 3.63) is 23.8 Å². The summed E-state index contributed by atoms with van der Waals surface area (Å²) in [4.78, 5) is 12.2. The molecule has 0 saturated carbocycles. The minimum atomic E-state index is -4.41. The molecule has 28 heavy (non-hydrogen) atoms. The molecular weight excluding hydrogens is 397 g/mol. The van der Waals surface area contributed by atoms with Gasteiger partial charge in [-0.1, -0.05) is 13.0 Å². The fraction of sp³-hybridized carbons (Fsp3) is 0.632. The van der Waals surface area contributed by atoms with Crippen molar-refractivity contribution in [2.45, 2.75) is 38.9 Å². The van der Waals surface area contributed by atoms with Crippen LogP contribution in [0.5, 0.6) is 11.5 Å². The molecule has 0 aliphatic carbocycles. The van der Waals surface area contributed by atoms with Gasteiger partial charge in [0.15, 0.2) is 18.1 Å². The zero-order valence-electron chi connectivity index (χ0n) is 16.1. The average Bonchev–Trinajstić information content (AvgIpc) is 2.65. The summed E-state index contributed by atoms with van der Waals surface area (Å²) < 4.78 is 46.7. The van der Waals surface area contributed by atoms with E-state index in [0.29, 0.717) is 18.3 Å². The van der Waals surface area contributed by atoms with E-state index in [1.807, 2.05) is 0 Å². The molecule has 1 saturated heterocycles. The molecule has 9 heteroatoms. The number of hydrogen-bond acceptors (Lipinski definition) is 4. The summed E-state index contributed by atoms with van der Waals surface area (Å²) in [6.07, 6.45) is -1.68. The van der Waals surface area contributed by atoms with Gasteiger partial charge in [0.2, 0.25) is 5.91 Å². The molecule has 2 atom stereocenters. The Morgan fingerprint density at radius 2 is 2.11 bits per heavy atom. The molecular formula is C19H28ClF3N2O3. The molecule has 0 aromatic heterocycles. The second kappa shape index (κ2) is 11.4. The lowest BCUT2D eigenvalue weighted by atomic mass is 9.85. The van der Waals surface area contributed by atoms with Crippen LogP contribution in [0.15, 0.2) is 18.2 Å². The van der Waals surface area contributed by atoms with Crippen molar-refractivity contribution < 1.29 is 27.4 Å². The van der Waals surface area contributed by atoms with Crippen molar-refractivity contribution in [1.29, 1.82) is 0 Å². The van der Waals surface area contributed by atoms with E-state index in [9.17, 15) is 18.0 Å². The zero-order chi connectivity index (χ0) is 19.9. The van der Waals surface area contributed by atoms with Crippen molar-refractivity contribution in [2.24, 2.45) is 11.8 Å². The summed E-state index contributed by atoms with van der Waals surface area (Å²) in [5.41, 5.74) is 0.728. The average molecular weight is 425 g/mol. The minimum absolute atomic E-state index is 0. The number of alkyl halides is 3. The molecule has 2 N–H and O–H groups in total. The fourth-order valence-electron chi connectivity index (χ4n) is 3.20. The summed E-state index contributed by atoms with van der Waals surface area (Å²) >= 11 is 0. The molecule has 1 aromatic carbocycles. The number of hydrogen-bond donors (Lipinski definition) is 2. The number of amides is 1. The van der Waals surface area contributed by atoms with Crippen LogP contribution in [0.3, 0.4) is 0 Å². The molecule has 0 spiro atoms. The molecule has 0 radical (unpaired) electrons. The largest absolute Gasteiger partial charge is 0.493 e. The van der Waals surface area contributed by atoms with E-state index >= 15 is 0 Å². The van der Waals surface area contributed by atoms with Crippen LogP contribution in [0.1, 0.15) is 31.7 Å². The number of nitrogens with one attached hydrogen (secondary N) is 2. The lowest BCUT2D eigenvalue weighted by Gasteiger charge is -2.28. The van der Waals surface area contributed by atoms with E-state index in [2.05, 4.69) is 17.6 Å². The first-order valence-electron chi connectivity index (χ1n) is 9.12. The van der Waals surface area contributed by atoms with E-state index in [-0.39, 0.29) is 36.4 Å². The molecule has 1 fully saturated rings. The van der Waals surface area contributed by atoms with E-state index in [4.69, 9.17) is 9.47 Å². The zero-order valence-corrected chi connectivity index (χ0v) is 16.9. The third kappa shape index (κ3) is 8.14. The molecule has 2 unspecified atom stereocenters. The Balaban J connectivity index is 0.00000392. The summed E-state index contributed by atoms with van der Waals surface area (Å²) in [5.74, 6) is 0.987. The first kappa shape index (κ1) is 24.4. The number of halogens is 4. The van der Waals surface area contributed by atoms with Crippen LogP contribution in [-0.2, 0) is 11.3 Å². The van der Waals surface area contributed by atoms with Crippen LogP contribution in [0, 0.1) is 11.8 Å². The van der Waals surface area contributed by atoms with Gasteiger partial charge in [0.1, 0.15) is 0 Å². The Labute approximate surface area is 169 Å². The summed E-state index contributed by atoms with van der Waals surface area (Å²) in [6.45, 7) is 2.98. The number of piperidine rings is 1. The van der Waals surface area contributed by atoms with Gasteiger partial charge in [-0.15, -0.1) is 12.4 Å². The standard InChI is InChI=1S/C19H27F3N2O3.ClH/c1-13(15-4-3-7-23-11-15)8-18(25)24-10-14-5-6-16(17(9-14)26-2)27-12-19(20,21)22;/h5-6,9,13,15,23H,3-4,7-8,10-12H2,1-2H3,(H,24,25);1H. The Morgan fingerprint density at radius 1 is 1.36 bits per heavy atom. The van der Waals surface area contributed by atoms with Crippen molar-refractivity contribution in [3.8, 4) is 11.5 Å². The lowest BCUT2D eigenvalue weighted by molar-refractivity contribution is -0.153. The molecule has 1 heterocycles. The first-order valence-corrected chi connectivity index (χ1v) is 9.12. The van der Waals surface area contributed by atoms with Gasteiger partial charge in [-0.3, -0.25) is 4.79 Å². The van der Waals surface area contributed by atoms with Gasteiger partial charge in [-0.05, 0) is 55.5 Å². The van der Waals surface area contributed by atoms with E-state index in [1.54, 1.807) is 12.1 Å². The Morgan fingerprint density at radius 3 is 2.71 bits per heavy atom. The summed E-state index contributed by atoms with van der Waals surface area (Å²) in [5, 5.41) is 6.22. The highest BCUT2D eigenvalue weighted by Gasteiger charge is 2.29. The lowest BCUT2D eigenvalue weighted by Crippen LogP contribution is -2.35. The third-order valence-corrected chi connectivity index (χ3v) is 4.76. The van der Waals surface area contributed by atoms with Crippen LogP contribution in [-0.4, -0.2) is 38.9 Å². The normalized spacial score (nSPS) is 18.0. The van der Waals surface area contributed by atoms with Gasteiger partial charge in [0.25, 0.3) is 0 Å². The second-order valence-electron chi connectivity index (χ2n) is 6.95. The monoisotopic (exact) mass is 424 g/mol. The Kier molecular flexibility index (Phi) is 9.89. The molecule has 1 aromatic rings. The van der Waals surface area contributed by atoms with Gasteiger partial charge < -0.3 is 20.1 Å². The quantitative estimate of drug-likeness (QED) is 0.668. The maximum absolute atomic E-state index is 12.3. The highest BCUT2D eigenvalue weighted by molar-refractivity contribution is 5.85. The van der Waals surface area contributed by atoms with Crippen LogP contribution < -0.4 is 20.1 Å². The molecule has 1 amide bonds. The molecule has 2 rings (SSSR count). The maximum Gasteiger partial charge on any atom is 0.422 e. The number of carbonyl (C=O) groups excluding carboxylic acids is 1. The van der Waals surface area contributed by atoms with Crippen LogP contribution in [0.4, 0.5) is 13.2 Å². The van der Waals surface area contributed by atoms with Crippen molar-refractivity contribution >= 4 is 18.3 Å². The number of ether oxygens (including phenoxy) is 2. The number of benzene rings is 1. The fourth-order valence-corrected chi connectivity index (χ4v) is 3.20. The molecule has 1 aliphatic heterocycles. The van der Waals surface area contributed by atoms with Gasteiger partial charge >= 0.3 is 6.18 Å². The SMILES string of the molecule is COc1cc(CNC(=O)CC(C)C2CCCNC2)ccc1OCC(F)(F)F.Cl. The molecule has 5 nitrogen and oxygen atoms in total. The van der Waals surface area contributed by atoms with Crippen LogP contribution in [0.25, 0.3) is 0 Å². The smallest absolute Gasteiger partial charge is 0.422 e. The predicted molar refractivity (Wildman–Crippen MR) is 103 cm³/mol. The summed E-state index contributed by atoms with van der Waals surface area (Å²) in [6, 6.07) is 4.60. The minimum Gasteiger partial charge on any atom is -0.493 e. The Bertz CT molecular complexity index is 623. The van der Waals surface area contributed by atoms with Crippen molar-refractivity contribution in [2.75, 3.05) is 26.8 Å². The molecule has 1 aliphatic rings. The Hall–Kier alpha value is -1.67. The highest BCUT2D eigenvalue weighted by Crippen LogP contribution is 2.30. The van der Waals surface area contributed by atoms with Gasteiger partial charge in [0.05, 0.1) is 7.11 Å². The van der Waals surface area contributed by atoms with E-state index in [0.717, 1.165) is 31.5 Å². The number of carbonyl (C=O) groups is 1. The molecule has 160 valence electrons. The third-order valence-electron chi connectivity index (χ3n) is 4.76.